The number of rotatable bonds is 4. The van der Waals surface area contributed by atoms with Gasteiger partial charge in [-0.2, -0.15) is 0 Å². The van der Waals surface area contributed by atoms with Crippen LogP contribution in [0.5, 0.6) is 0 Å². The molecular formula is C10H14ClNOS. The van der Waals surface area contributed by atoms with Crippen LogP contribution in [0.15, 0.2) is 29.2 Å². The van der Waals surface area contributed by atoms with Crippen LogP contribution < -0.4 is 5.73 Å². The van der Waals surface area contributed by atoms with Gasteiger partial charge in [0.25, 0.3) is 0 Å². The van der Waals surface area contributed by atoms with Crippen LogP contribution in [0.4, 0.5) is 0 Å². The number of nitrogens with two attached hydrogens (primary N) is 1. The molecule has 0 aliphatic heterocycles. The first-order valence-corrected chi connectivity index (χ1v) is 5.71. The van der Waals surface area contributed by atoms with Crippen molar-refractivity contribution in [2.75, 3.05) is 12.3 Å². The molecular weight excluding hydrogens is 218 g/mol. The van der Waals surface area contributed by atoms with Crippen molar-refractivity contribution in [2.45, 2.75) is 17.4 Å². The van der Waals surface area contributed by atoms with E-state index in [1.54, 1.807) is 6.92 Å². The molecule has 78 valence electrons. The molecule has 0 fully saturated rings. The van der Waals surface area contributed by atoms with Gasteiger partial charge in [0, 0.05) is 17.2 Å². The van der Waals surface area contributed by atoms with E-state index in [0.717, 1.165) is 4.90 Å². The molecule has 1 rings (SSSR count). The zero-order valence-electron chi connectivity index (χ0n) is 8.03. The van der Waals surface area contributed by atoms with E-state index in [4.69, 9.17) is 17.3 Å². The monoisotopic (exact) mass is 231 g/mol. The van der Waals surface area contributed by atoms with E-state index in [-0.39, 0.29) is 6.54 Å². The number of thioether (sulfide) groups is 1. The highest BCUT2D eigenvalue weighted by atomic mass is 35.5. The Bertz CT molecular complexity index is 304. The Balaban J connectivity index is 2.58. The third-order valence-corrected chi connectivity index (χ3v) is 3.69. The molecule has 4 heteroatoms. The summed E-state index contributed by atoms with van der Waals surface area (Å²) >= 11 is 7.48. The van der Waals surface area contributed by atoms with E-state index >= 15 is 0 Å². The maximum atomic E-state index is 9.69. The number of aliphatic hydroxyl groups is 1. The lowest BCUT2D eigenvalue weighted by Crippen LogP contribution is -2.36. The fraction of sp³-hybridized carbons (Fsp3) is 0.400. The largest absolute Gasteiger partial charge is 0.388 e. The Morgan fingerprint density at radius 2 is 2.14 bits per heavy atom. The summed E-state index contributed by atoms with van der Waals surface area (Å²) < 4.78 is 0. The average Bonchev–Trinajstić information content (AvgIpc) is 2.17. The summed E-state index contributed by atoms with van der Waals surface area (Å²) in [5, 5.41) is 10.4. The van der Waals surface area contributed by atoms with E-state index in [1.807, 2.05) is 24.3 Å². The standard InChI is InChI=1S/C10H14ClNOS/c1-10(13,6-12)7-14-9-5-3-2-4-8(9)11/h2-5,13H,6-7,12H2,1H3. The Morgan fingerprint density at radius 1 is 1.50 bits per heavy atom. The van der Waals surface area contributed by atoms with Crippen LogP contribution in [-0.4, -0.2) is 23.0 Å². The van der Waals surface area contributed by atoms with Gasteiger partial charge in [0.15, 0.2) is 0 Å². The molecule has 0 saturated carbocycles. The summed E-state index contributed by atoms with van der Waals surface area (Å²) in [5.74, 6) is 0.549. The quantitative estimate of drug-likeness (QED) is 0.781. The lowest BCUT2D eigenvalue weighted by Gasteiger charge is -2.20. The molecule has 0 radical (unpaired) electrons. The normalized spacial score (nSPS) is 15.1. The Morgan fingerprint density at radius 3 is 2.71 bits per heavy atom. The second-order valence-electron chi connectivity index (χ2n) is 3.42. The number of benzene rings is 1. The van der Waals surface area contributed by atoms with E-state index in [2.05, 4.69) is 0 Å². The lowest BCUT2D eigenvalue weighted by molar-refractivity contribution is 0.0949. The molecule has 0 heterocycles. The predicted molar refractivity (Wildman–Crippen MR) is 61.9 cm³/mol. The fourth-order valence-electron chi connectivity index (χ4n) is 0.854. The summed E-state index contributed by atoms with van der Waals surface area (Å²) in [6.07, 6.45) is 0. The van der Waals surface area contributed by atoms with Crippen LogP contribution in [-0.2, 0) is 0 Å². The molecule has 1 aromatic rings. The molecule has 0 saturated heterocycles. The third-order valence-electron chi connectivity index (χ3n) is 1.82. The van der Waals surface area contributed by atoms with Crippen molar-refractivity contribution in [1.82, 2.24) is 0 Å². The van der Waals surface area contributed by atoms with E-state index in [9.17, 15) is 5.11 Å². The van der Waals surface area contributed by atoms with E-state index < -0.39 is 5.60 Å². The van der Waals surface area contributed by atoms with Crippen molar-refractivity contribution < 1.29 is 5.11 Å². The maximum Gasteiger partial charge on any atom is 0.0834 e. The minimum Gasteiger partial charge on any atom is -0.388 e. The zero-order valence-corrected chi connectivity index (χ0v) is 9.61. The van der Waals surface area contributed by atoms with E-state index in [1.165, 1.54) is 11.8 Å². The van der Waals surface area contributed by atoms with Gasteiger partial charge in [-0.05, 0) is 19.1 Å². The van der Waals surface area contributed by atoms with Crippen LogP contribution in [0.1, 0.15) is 6.92 Å². The molecule has 1 atom stereocenters. The van der Waals surface area contributed by atoms with Crippen molar-refractivity contribution in [1.29, 1.82) is 0 Å². The zero-order chi connectivity index (χ0) is 10.6. The first-order valence-electron chi connectivity index (χ1n) is 4.35. The van der Waals surface area contributed by atoms with Gasteiger partial charge in [-0.3, -0.25) is 0 Å². The minimum absolute atomic E-state index is 0.254. The van der Waals surface area contributed by atoms with Crippen LogP contribution in [0.25, 0.3) is 0 Å². The molecule has 0 spiro atoms. The fourth-order valence-corrected chi connectivity index (χ4v) is 2.12. The smallest absolute Gasteiger partial charge is 0.0834 e. The molecule has 1 aromatic carbocycles. The second-order valence-corrected chi connectivity index (χ2v) is 4.84. The molecule has 0 amide bonds. The Labute approximate surface area is 93.5 Å². The summed E-state index contributed by atoms with van der Waals surface area (Å²) in [4.78, 5) is 0.975. The SMILES string of the molecule is CC(O)(CN)CSc1ccccc1Cl. The van der Waals surface area contributed by atoms with Gasteiger partial charge in [-0.25, -0.2) is 0 Å². The van der Waals surface area contributed by atoms with Gasteiger partial charge < -0.3 is 10.8 Å². The molecule has 14 heavy (non-hydrogen) atoms. The van der Waals surface area contributed by atoms with Crippen molar-refractivity contribution in [2.24, 2.45) is 5.73 Å². The topological polar surface area (TPSA) is 46.2 Å². The first-order chi connectivity index (χ1) is 6.55. The van der Waals surface area contributed by atoms with Gasteiger partial charge in [-0.15, -0.1) is 11.8 Å². The highest BCUT2D eigenvalue weighted by Crippen LogP contribution is 2.28. The summed E-state index contributed by atoms with van der Waals surface area (Å²) in [6.45, 7) is 1.97. The molecule has 1 unspecified atom stereocenters. The van der Waals surface area contributed by atoms with Gasteiger partial charge in [0.05, 0.1) is 10.6 Å². The molecule has 0 aliphatic rings. The van der Waals surface area contributed by atoms with Crippen molar-refractivity contribution in [3.8, 4) is 0 Å². The highest BCUT2D eigenvalue weighted by molar-refractivity contribution is 7.99. The number of hydrogen-bond donors (Lipinski definition) is 2. The average molecular weight is 232 g/mol. The Hall–Kier alpha value is -0.220. The number of halogens is 1. The van der Waals surface area contributed by atoms with Crippen LogP contribution in [0, 0.1) is 0 Å². The van der Waals surface area contributed by atoms with Crippen LogP contribution in [0.2, 0.25) is 5.02 Å². The summed E-state index contributed by atoms with van der Waals surface area (Å²) in [5.41, 5.74) is 4.58. The van der Waals surface area contributed by atoms with E-state index in [0.29, 0.717) is 10.8 Å². The highest BCUT2D eigenvalue weighted by Gasteiger charge is 2.18. The summed E-state index contributed by atoms with van der Waals surface area (Å²) in [7, 11) is 0. The summed E-state index contributed by atoms with van der Waals surface area (Å²) in [6, 6.07) is 7.57. The molecule has 3 N–H and O–H groups in total. The molecule has 0 aromatic heterocycles. The van der Waals surface area contributed by atoms with Crippen LogP contribution >= 0.6 is 23.4 Å². The maximum absolute atomic E-state index is 9.69. The van der Waals surface area contributed by atoms with Crippen molar-refractivity contribution in [3.05, 3.63) is 29.3 Å². The Kier molecular flexibility index (Phi) is 4.26. The predicted octanol–water partition coefficient (Wildman–Crippen LogP) is 2.14. The minimum atomic E-state index is -0.830. The molecule has 2 nitrogen and oxygen atoms in total. The third kappa shape index (κ3) is 3.50. The van der Waals surface area contributed by atoms with Crippen molar-refractivity contribution in [3.63, 3.8) is 0 Å². The number of hydrogen-bond acceptors (Lipinski definition) is 3. The van der Waals surface area contributed by atoms with Gasteiger partial charge in [-0.1, -0.05) is 23.7 Å². The first kappa shape index (κ1) is 11.9. The van der Waals surface area contributed by atoms with Gasteiger partial charge in [0.2, 0.25) is 0 Å². The lowest BCUT2D eigenvalue weighted by atomic mass is 10.1. The van der Waals surface area contributed by atoms with Gasteiger partial charge in [0.1, 0.15) is 0 Å². The molecule has 0 bridgehead atoms. The van der Waals surface area contributed by atoms with Crippen molar-refractivity contribution >= 4 is 23.4 Å². The molecule has 0 aliphatic carbocycles. The van der Waals surface area contributed by atoms with Crippen LogP contribution in [0.3, 0.4) is 0 Å². The van der Waals surface area contributed by atoms with Gasteiger partial charge >= 0.3 is 0 Å². The second kappa shape index (κ2) is 5.03.